The molecule has 140 valence electrons. The van der Waals surface area contributed by atoms with Gasteiger partial charge in [0.15, 0.2) is 5.15 Å². The maximum absolute atomic E-state index is 9.68. The first-order valence-electron chi connectivity index (χ1n) is 8.91. The summed E-state index contributed by atoms with van der Waals surface area (Å²) in [4.78, 5) is 4.42. The molecule has 0 bridgehead atoms. The van der Waals surface area contributed by atoms with Gasteiger partial charge in [0, 0.05) is 13.0 Å². The predicted molar refractivity (Wildman–Crippen MR) is 110 cm³/mol. The third-order valence-electron chi connectivity index (χ3n) is 4.36. The first-order chi connectivity index (χ1) is 13.0. The summed E-state index contributed by atoms with van der Waals surface area (Å²) in [5, 5.41) is 19.2. The summed E-state index contributed by atoms with van der Waals surface area (Å²) in [6.07, 6.45) is 6.33. The second-order valence-corrected chi connectivity index (χ2v) is 6.57. The first kappa shape index (κ1) is 20.7. The minimum absolute atomic E-state index is 0.149. The normalized spacial score (nSPS) is 11.3. The number of hydrogen-bond acceptors (Lipinski definition) is 3. The minimum Gasteiger partial charge on any atom is -0.390 e. The predicted octanol–water partition coefficient (Wildman–Crippen LogP) is 5.07. The van der Waals surface area contributed by atoms with Gasteiger partial charge in [-0.1, -0.05) is 74.5 Å². The zero-order valence-corrected chi connectivity index (χ0v) is 16.3. The standard InChI is InChI=1S/C22H24ClN3O/c1-4-6-8-21-25-22(23)20(15-27)26(21)14-17-9-11-18(12-10-17)19(7-5-2)16(3)13-24/h5,7,9-12,27H,2-4,6,8,14-15H2,1H3/b19-7+. The summed E-state index contributed by atoms with van der Waals surface area (Å²) in [5.74, 6) is 0.889. The van der Waals surface area contributed by atoms with E-state index in [9.17, 15) is 5.11 Å². The van der Waals surface area contributed by atoms with E-state index in [1.165, 1.54) is 0 Å². The van der Waals surface area contributed by atoms with E-state index in [1.807, 2.05) is 28.8 Å². The van der Waals surface area contributed by atoms with Crippen molar-refractivity contribution >= 4 is 17.2 Å². The SMILES string of the molecule is C=C/C=C(\C(=C)C#N)c1ccc(Cn2c(CCCC)nc(Cl)c2CO)cc1. The van der Waals surface area contributed by atoms with Crippen LogP contribution in [0.3, 0.4) is 0 Å². The highest BCUT2D eigenvalue weighted by atomic mass is 35.5. The molecular weight excluding hydrogens is 358 g/mol. The molecule has 0 spiro atoms. The summed E-state index contributed by atoms with van der Waals surface area (Å²) < 4.78 is 1.99. The van der Waals surface area contributed by atoms with Crippen molar-refractivity contribution in [3.8, 4) is 6.07 Å². The average Bonchev–Trinajstić information content (AvgIpc) is 2.98. The molecule has 0 saturated carbocycles. The number of rotatable bonds is 9. The largest absolute Gasteiger partial charge is 0.390 e. The van der Waals surface area contributed by atoms with E-state index in [0.29, 0.717) is 23.0 Å². The molecule has 0 fully saturated rings. The Balaban J connectivity index is 2.31. The first-order valence-corrected chi connectivity index (χ1v) is 9.29. The van der Waals surface area contributed by atoms with Gasteiger partial charge in [-0.15, -0.1) is 0 Å². The number of allylic oxidation sites excluding steroid dienone is 4. The summed E-state index contributed by atoms with van der Waals surface area (Å²) in [6, 6.07) is 9.98. The Morgan fingerprint density at radius 2 is 2.07 bits per heavy atom. The molecule has 0 radical (unpaired) electrons. The van der Waals surface area contributed by atoms with Crippen molar-refractivity contribution < 1.29 is 5.11 Å². The second-order valence-electron chi connectivity index (χ2n) is 6.22. The molecule has 27 heavy (non-hydrogen) atoms. The molecule has 0 aliphatic carbocycles. The summed E-state index contributed by atoms with van der Waals surface area (Å²) in [7, 11) is 0. The van der Waals surface area contributed by atoms with E-state index in [-0.39, 0.29) is 6.61 Å². The molecule has 5 heteroatoms. The second kappa shape index (κ2) is 9.91. The van der Waals surface area contributed by atoms with Gasteiger partial charge in [0.25, 0.3) is 0 Å². The van der Waals surface area contributed by atoms with Crippen LogP contribution in [-0.2, 0) is 19.6 Å². The van der Waals surface area contributed by atoms with Crippen LogP contribution >= 0.6 is 11.6 Å². The fourth-order valence-corrected chi connectivity index (χ4v) is 3.15. The van der Waals surface area contributed by atoms with Crippen LogP contribution in [0.2, 0.25) is 5.15 Å². The van der Waals surface area contributed by atoms with Crippen LogP contribution in [0.5, 0.6) is 0 Å². The molecule has 0 atom stereocenters. The monoisotopic (exact) mass is 381 g/mol. The molecule has 1 heterocycles. The molecule has 1 aromatic carbocycles. The number of halogens is 1. The van der Waals surface area contributed by atoms with Crippen LogP contribution in [0, 0.1) is 11.3 Å². The highest BCUT2D eigenvalue weighted by Crippen LogP contribution is 2.24. The van der Waals surface area contributed by atoms with Crippen molar-refractivity contribution in [1.82, 2.24) is 9.55 Å². The molecule has 0 aliphatic rings. The Morgan fingerprint density at radius 3 is 2.63 bits per heavy atom. The highest BCUT2D eigenvalue weighted by Gasteiger charge is 2.15. The van der Waals surface area contributed by atoms with Crippen molar-refractivity contribution in [2.75, 3.05) is 0 Å². The molecule has 1 N–H and O–H groups in total. The van der Waals surface area contributed by atoms with Crippen LogP contribution in [0.4, 0.5) is 0 Å². The number of unbranched alkanes of at least 4 members (excludes halogenated alkanes) is 1. The van der Waals surface area contributed by atoms with Crippen molar-refractivity contribution in [2.24, 2.45) is 0 Å². The number of nitrogens with zero attached hydrogens (tertiary/aromatic N) is 3. The van der Waals surface area contributed by atoms with Gasteiger partial charge in [-0.2, -0.15) is 5.26 Å². The minimum atomic E-state index is -0.149. The Labute approximate surface area is 165 Å². The molecule has 2 aromatic rings. The molecule has 0 saturated heterocycles. The number of aliphatic hydroxyl groups excluding tert-OH is 1. The van der Waals surface area contributed by atoms with Crippen LogP contribution in [-0.4, -0.2) is 14.7 Å². The molecule has 0 unspecified atom stereocenters. The number of nitriles is 1. The molecule has 0 aliphatic heterocycles. The molecular formula is C22H24ClN3O. The Bertz CT molecular complexity index is 886. The van der Waals surface area contributed by atoms with Gasteiger partial charge in [-0.3, -0.25) is 0 Å². The van der Waals surface area contributed by atoms with Crippen LogP contribution < -0.4 is 0 Å². The average molecular weight is 382 g/mol. The lowest BCUT2D eigenvalue weighted by Crippen LogP contribution is -2.09. The maximum atomic E-state index is 9.68. The number of aryl methyl sites for hydroxylation is 1. The fourth-order valence-electron chi connectivity index (χ4n) is 2.89. The number of hydrogen-bond donors (Lipinski definition) is 1. The summed E-state index contributed by atoms with van der Waals surface area (Å²) in [5.41, 5.74) is 3.75. The number of aromatic nitrogens is 2. The highest BCUT2D eigenvalue weighted by molar-refractivity contribution is 6.30. The third kappa shape index (κ3) is 4.97. The Morgan fingerprint density at radius 1 is 1.37 bits per heavy atom. The number of aliphatic hydroxyl groups is 1. The zero-order chi connectivity index (χ0) is 19.8. The smallest absolute Gasteiger partial charge is 0.152 e. The van der Waals surface area contributed by atoms with Gasteiger partial charge in [-0.25, -0.2) is 4.98 Å². The van der Waals surface area contributed by atoms with Gasteiger partial charge in [-0.05, 0) is 23.1 Å². The van der Waals surface area contributed by atoms with Gasteiger partial charge >= 0.3 is 0 Å². The van der Waals surface area contributed by atoms with Gasteiger partial charge < -0.3 is 9.67 Å². The van der Waals surface area contributed by atoms with Gasteiger partial charge in [0.2, 0.25) is 0 Å². The lowest BCUT2D eigenvalue weighted by atomic mass is 9.98. The topological polar surface area (TPSA) is 61.8 Å². The van der Waals surface area contributed by atoms with E-state index in [1.54, 1.807) is 12.2 Å². The van der Waals surface area contributed by atoms with Gasteiger partial charge in [0.05, 0.1) is 23.9 Å². The van der Waals surface area contributed by atoms with E-state index < -0.39 is 0 Å². The van der Waals surface area contributed by atoms with E-state index in [2.05, 4.69) is 31.1 Å². The zero-order valence-electron chi connectivity index (χ0n) is 15.6. The number of benzene rings is 1. The van der Waals surface area contributed by atoms with Crippen LogP contribution in [0.25, 0.3) is 5.57 Å². The Kier molecular flexibility index (Phi) is 7.60. The fraction of sp³-hybridized carbons (Fsp3) is 0.273. The lowest BCUT2D eigenvalue weighted by molar-refractivity contribution is 0.271. The Hall–Kier alpha value is -2.61. The van der Waals surface area contributed by atoms with Crippen LogP contribution in [0.1, 0.15) is 42.4 Å². The van der Waals surface area contributed by atoms with Gasteiger partial charge in [0.1, 0.15) is 5.82 Å². The lowest BCUT2D eigenvalue weighted by Gasteiger charge is -2.12. The van der Waals surface area contributed by atoms with Crippen molar-refractivity contribution in [1.29, 1.82) is 5.26 Å². The van der Waals surface area contributed by atoms with Crippen LogP contribution in [0.15, 0.2) is 55.1 Å². The van der Waals surface area contributed by atoms with E-state index in [4.69, 9.17) is 16.9 Å². The molecule has 2 rings (SSSR count). The van der Waals surface area contributed by atoms with Crippen molar-refractivity contribution in [3.63, 3.8) is 0 Å². The van der Waals surface area contributed by atoms with Crippen molar-refractivity contribution in [3.05, 3.63) is 82.9 Å². The van der Waals surface area contributed by atoms with Crippen molar-refractivity contribution in [2.45, 2.75) is 39.3 Å². The summed E-state index contributed by atoms with van der Waals surface area (Å²) in [6.45, 7) is 10.0. The number of imidazole rings is 1. The molecule has 4 nitrogen and oxygen atoms in total. The van der Waals surface area contributed by atoms with E-state index in [0.717, 1.165) is 41.8 Å². The third-order valence-corrected chi connectivity index (χ3v) is 4.66. The molecule has 1 aromatic heterocycles. The maximum Gasteiger partial charge on any atom is 0.152 e. The summed E-state index contributed by atoms with van der Waals surface area (Å²) >= 11 is 6.20. The molecule has 0 amide bonds. The van der Waals surface area contributed by atoms with E-state index >= 15 is 0 Å². The quantitative estimate of drug-likeness (QED) is 0.487.